The van der Waals surface area contributed by atoms with Crippen LogP contribution in [-0.2, 0) is 0 Å². The van der Waals surface area contributed by atoms with E-state index < -0.39 is 5.97 Å². The number of carbonyl (C=O) groups is 2. The van der Waals surface area contributed by atoms with Crippen LogP contribution in [-0.4, -0.2) is 57.0 Å². The van der Waals surface area contributed by atoms with Crippen LogP contribution in [0.3, 0.4) is 0 Å². The Kier molecular flexibility index (Phi) is 4.85. The summed E-state index contributed by atoms with van der Waals surface area (Å²) in [6, 6.07) is 7.73. The fraction of sp³-hybridized carbons (Fsp3) is 0.400. The third-order valence-corrected chi connectivity index (χ3v) is 5.36. The van der Waals surface area contributed by atoms with Crippen LogP contribution in [0.15, 0.2) is 41.8 Å². The third kappa shape index (κ3) is 3.62. The van der Waals surface area contributed by atoms with Crippen LogP contribution >= 0.6 is 0 Å². The number of rotatable bonds is 4. The van der Waals surface area contributed by atoms with Crippen molar-refractivity contribution in [1.82, 2.24) is 14.7 Å². The summed E-state index contributed by atoms with van der Waals surface area (Å²) in [6.45, 7) is 4.16. The molecule has 0 bridgehead atoms. The number of benzene rings is 1. The van der Waals surface area contributed by atoms with Crippen LogP contribution in [0.4, 0.5) is 5.69 Å². The van der Waals surface area contributed by atoms with E-state index in [4.69, 9.17) is 5.11 Å². The molecular weight excluding hydrogens is 358 g/mol. The highest BCUT2D eigenvalue weighted by atomic mass is 16.4. The molecule has 2 aromatic rings. The number of aromatic nitrogens is 2. The Labute approximate surface area is 163 Å². The van der Waals surface area contributed by atoms with Crippen molar-refractivity contribution in [2.75, 3.05) is 24.6 Å². The number of amides is 1. The first kappa shape index (κ1) is 18.2. The molecule has 2 aliphatic rings. The van der Waals surface area contributed by atoms with Crippen molar-refractivity contribution in [3.8, 4) is 0 Å². The number of nitrogens with zero attached hydrogens (tertiary/aromatic N) is 5. The molecule has 0 radical (unpaired) electrons. The minimum Gasteiger partial charge on any atom is -0.478 e. The van der Waals surface area contributed by atoms with Gasteiger partial charge in [0, 0.05) is 43.5 Å². The van der Waals surface area contributed by atoms with Crippen molar-refractivity contribution in [3.63, 3.8) is 0 Å². The Morgan fingerprint density at radius 3 is 2.36 bits per heavy atom. The van der Waals surface area contributed by atoms with E-state index in [2.05, 4.69) is 10.2 Å². The molecule has 0 atom stereocenters. The van der Waals surface area contributed by atoms with Gasteiger partial charge in [0.25, 0.3) is 5.91 Å². The molecule has 0 aliphatic carbocycles. The average Bonchev–Trinajstić information content (AvgIpc) is 3.37. The van der Waals surface area contributed by atoms with Crippen molar-refractivity contribution in [3.05, 3.63) is 47.8 Å². The topological polar surface area (TPSA) is 91.0 Å². The zero-order chi connectivity index (χ0) is 19.7. The Morgan fingerprint density at radius 2 is 1.79 bits per heavy atom. The van der Waals surface area contributed by atoms with Crippen molar-refractivity contribution in [1.29, 1.82) is 0 Å². The van der Waals surface area contributed by atoms with Crippen molar-refractivity contribution < 1.29 is 14.7 Å². The van der Waals surface area contributed by atoms with Gasteiger partial charge in [-0.25, -0.2) is 4.79 Å². The van der Waals surface area contributed by atoms with Gasteiger partial charge >= 0.3 is 5.97 Å². The van der Waals surface area contributed by atoms with Crippen molar-refractivity contribution in [2.45, 2.75) is 32.2 Å². The van der Waals surface area contributed by atoms with Crippen LogP contribution < -0.4 is 5.01 Å². The first-order chi connectivity index (χ1) is 13.5. The van der Waals surface area contributed by atoms with E-state index in [1.54, 1.807) is 10.9 Å². The number of hydrogen-bond acceptors (Lipinski definition) is 5. The number of carbonyl (C=O) groups excluding carboxylic acids is 1. The van der Waals surface area contributed by atoms with Gasteiger partial charge in [-0.3, -0.25) is 14.5 Å². The minimum absolute atomic E-state index is 0.0257. The fourth-order valence-electron chi connectivity index (χ4n) is 3.70. The van der Waals surface area contributed by atoms with E-state index in [1.165, 1.54) is 6.20 Å². The lowest BCUT2D eigenvalue weighted by Crippen LogP contribution is -2.39. The highest BCUT2D eigenvalue weighted by Crippen LogP contribution is 2.25. The molecule has 3 heterocycles. The lowest BCUT2D eigenvalue weighted by Gasteiger charge is -2.32. The van der Waals surface area contributed by atoms with Crippen LogP contribution in [0.25, 0.3) is 0 Å². The van der Waals surface area contributed by atoms with Gasteiger partial charge in [-0.2, -0.15) is 10.2 Å². The monoisotopic (exact) mass is 381 g/mol. The number of hydrogen-bond donors (Lipinski definition) is 1. The molecule has 0 spiro atoms. The van der Waals surface area contributed by atoms with E-state index >= 15 is 0 Å². The van der Waals surface area contributed by atoms with Crippen LogP contribution in [0, 0.1) is 0 Å². The van der Waals surface area contributed by atoms with Crippen molar-refractivity contribution in [2.24, 2.45) is 5.10 Å². The first-order valence-electron chi connectivity index (χ1n) is 9.49. The van der Waals surface area contributed by atoms with Gasteiger partial charge in [0.2, 0.25) is 0 Å². The Bertz CT molecular complexity index is 910. The number of anilines is 1. The van der Waals surface area contributed by atoms with Crippen LogP contribution in [0.2, 0.25) is 0 Å². The summed E-state index contributed by atoms with van der Waals surface area (Å²) in [5.74, 6) is -0.949. The first-order valence-corrected chi connectivity index (χ1v) is 9.49. The molecule has 0 unspecified atom stereocenters. The molecule has 8 heteroatoms. The maximum absolute atomic E-state index is 12.8. The predicted octanol–water partition coefficient (Wildman–Crippen LogP) is 2.64. The molecule has 4 rings (SSSR count). The number of carboxylic acids is 1. The van der Waals surface area contributed by atoms with E-state index in [1.807, 2.05) is 41.1 Å². The van der Waals surface area contributed by atoms with E-state index in [9.17, 15) is 9.59 Å². The molecule has 1 aromatic heterocycles. The summed E-state index contributed by atoms with van der Waals surface area (Å²) >= 11 is 0. The minimum atomic E-state index is -0.975. The predicted molar refractivity (Wildman–Crippen MR) is 105 cm³/mol. The molecule has 1 N–H and O–H groups in total. The van der Waals surface area contributed by atoms with Gasteiger partial charge in [-0.15, -0.1) is 0 Å². The molecule has 1 amide bonds. The smallest absolute Gasteiger partial charge is 0.338 e. The van der Waals surface area contributed by atoms with Crippen LogP contribution in [0.1, 0.15) is 52.9 Å². The number of carboxylic acid groups (broad SMARTS) is 1. The molecule has 146 valence electrons. The quantitative estimate of drug-likeness (QED) is 0.879. The molecule has 2 aliphatic heterocycles. The lowest BCUT2D eigenvalue weighted by molar-refractivity contribution is 0.0688. The number of hydrazone groups is 1. The van der Waals surface area contributed by atoms with Gasteiger partial charge in [-0.1, -0.05) is 0 Å². The average molecular weight is 381 g/mol. The third-order valence-electron chi connectivity index (χ3n) is 5.36. The molecule has 1 fully saturated rings. The molecule has 8 nitrogen and oxygen atoms in total. The van der Waals surface area contributed by atoms with Crippen LogP contribution in [0.5, 0.6) is 0 Å². The van der Waals surface area contributed by atoms with E-state index in [0.717, 1.165) is 37.2 Å². The summed E-state index contributed by atoms with van der Waals surface area (Å²) in [5.41, 5.74) is 2.99. The zero-order valence-electron chi connectivity index (χ0n) is 15.8. The Hall–Kier alpha value is -3.16. The van der Waals surface area contributed by atoms with Gasteiger partial charge < -0.3 is 10.0 Å². The summed E-state index contributed by atoms with van der Waals surface area (Å²) in [7, 11) is 0. The van der Waals surface area contributed by atoms with Gasteiger partial charge in [0.05, 0.1) is 23.5 Å². The summed E-state index contributed by atoms with van der Waals surface area (Å²) in [6.07, 6.45) is 5.41. The second-order valence-corrected chi connectivity index (χ2v) is 7.29. The maximum Gasteiger partial charge on any atom is 0.338 e. The normalized spacial score (nSPS) is 17.7. The standard InChI is InChI=1S/C20H23N5O3/c1-14-6-11-24(22-14)17-4-2-15(3-5-17)19(26)23-9-7-18(8-10-23)25-13-16(12-21-25)20(27)28/h2-5,12-13,18H,6-11H2,1H3,(H,27,28). The summed E-state index contributed by atoms with van der Waals surface area (Å²) in [4.78, 5) is 25.7. The number of piperidine rings is 1. The molecule has 0 saturated carbocycles. The highest BCUT2D eigenvalue weighted by Gasteiger charge is 2.25. The van der Waals surface area contributed by atoms with Gasteiger partial charge in [0.1, 0.15) is 0 Å². The van der Waals surface area contributed by atoms with Gasteiger partial charge in [0.15, 0.2) is 0 Å². The van der Waals surface area contributed by atoms with Crippen molar-refractivity contribution >= 4 is 23.3 Å². The number of aromatic carboxylic acids is 1. The maximum atomic E-state index is 12.8. The van der Waals surface area contributed by atoms with Gasteiger partial charge in [-0.05, 0) is 44.0 Å². The van der Waals surface area contributed by atoms with E-state index in [-0.39, 0.29) is 17.5 Å². The Balaban J connectivity index is 1.36. The largest absolute Gasteiger partial charge is 0.478 e. The second-order valence-electron chi connectivity index (χ2n) is 7.29. The summed E-state index contributed by atoms with van der Waals surface area (Å²) in [5, 5.41) is 19.6. The summed E-state index contributed by atoms with van der Waals surface area (Å²) < 4.78 is 1.71. The zero-order valence-corrected chi connectivity index (χ0v) is 15.8. The Morgan fingerprint density at radius 1 is 1.07 bits per heavy atom. The molecule has 1 aromatic carbocycles. The molecule has 1 saturated heterocycles. The molecule has 28 heavy (non-hydrogen) atoms. The number of likely N-dealkylation sites (tertiary alicyclic amines) is 1. The van der Waals surface area contributed by atoms with E-state index in [0.29, 0.717) is 18.7 Å². The molecular formula is C20H23N5O3. The fourth-order valence-corrected chi connectivity index (χ4v) is 3.70. The lowest BCUT2D eigenvalue weighted by atomic mass is 10.0. The highest BCUT2D eigenvalue weighted by molar-refractivity contribution is 5.94. The second kappa shape index (κ2) is 7.46. The SMILES string of the molecule is CC1=NN(c2ccc(C(=O)N3CCC(n4cc(C(=O)O)cn4)CC3)cc2)CC1.